The third kappa shape index (κ3) is 4.56. The predicted octanol–water partition coefficient (Wildman–Crippen LogP) is 4.19. The molecule has 5 heteroatoms. The molecule has 3 aliphatic heterocycles. The van der Waals surface area contributed by atoms with Gasteiger partial charge in [0.15, 0.2) is 0 Å². The molecule has 1 aromatic rings. The van der Waals surface area contributed by atoms with E-state index in [0.717, 1.165) is 71.7 Å². The van der Waals surface area contributed by atoms with E-state index in [2.05, 4.69) is 46.7 Å². The average molecular weight is 440 g/mol. The zero-order valence-corrected chi connectivity index (χ0v) is 20.2. The van der Waals surface area contributed by atoms with Gasteiger partial charge in [-0.15, -0.1) is 0 Å². The third-order valence-corrected chi connectivity index (χ3v) is 8.59. The summed E-state index contributed by atoms with van der Waals surface area (Å²) in [5.74, 6) is 0.671. The van der Waals surface area contributed by atoms with Gasteiger partial charge in [0.05, 0.1) is 13.2 Å². The Morgan fingerprint density at radius 3 is 2.41 bits per heavy atom. The van der Waals surface area contributed by atoms with Gasteiger partial charge in [-0.3, -0.25) is 9.69 Å². The molecular formula is C27H41N3O2. The van der Waals surface area contributed by atoms with Crippen LogP contribution in [-0.4, -0.2) is 67.7 Å². The first-order chi connectivity index (χ1) is 15.5. The Morgan fingerprint density at radius 1 is 0.969 bits per heavy atom. The van der Waals surface area contributed by atoms with Crippen molar-refractivity contribution < 1.29 is 9.53 Å². The van der Waals surface area contributed by atoms with Crippen molar-refractivity contribution in [2.75, 3.05) is 50.8 Å². The monoisotopic (exact) mass is 439 g/mol. The van der Waals surface area contributed by atoms with E-state index < -0.39 is 0 Å². The number of benzene rings is 1. The van der Waals surface area contributed by atoms with E-state index in [-0.39, 0.29) is 11.3 Å². The van der Waals surface area contributed by atoms with Crippen molar-refractivity contribution in [2.24, 2.45) is 5.92 Å². The topological polar surface area (TPSA) is 36.0 Å². The molecule has 1 saturated carbocycles. The molecule has 1 aliphatic carbocycles. The summed E-state index contributed by atoms with van der Waals surface area (Å²) in [7, 11) is 0. The van der Waals surface area contributed by atoms with Crippen molar-refractivity contribution in [2.45, 2.75) is 76.8 Å². The molecule has 0 bridgehead atoms. The van der Waals surface area contributed by atoms with Gasteiger partial charge in [0, 0.05) is 56.9 Å². The van der Waals surface area contributed by atoms with Crippen LogP contribution in [0.25, 0.3) is 0 Å². The number of carbonyl (C=O) groups excluding carboxylic acids is 1. The molecule has 0 aromatic heterocycles. The van der Waals surface area contributed by atoms with Gasteiger partial charge in [0.1, 0.15) is 0 Å². The van der Waals surface area contributed by atoms with Crippen LogP contribution >= 0.6 is 0 Å². The Bertz CT molecular complexity index is 803. The van der Waals surface area contributed by atoms with E-state index in [0.29, 0.717) is 11.9 Å². The minimum Gasteiger partial charge on any atom is -0.379 e. The van der Waals surface area contributed by atoms with Crippen molar-refractivity contribution in [3.63, 3.8) is 0 Å². The second kappa shape index (κ2) is 9.34. The molecular weight excluding hydrogens is 398 g/mol. The van der Waals surface area contributed by atoms with Gasteiger partial charge in [0.25, 0.3) is 0 Å². The minimum absolute atomic E-state index is 0.113. The highest BCUT2D eigenvalue weighted by atomic mass is 16.5. The van der Waals surface area contributed by atoms with Crippen molar-refractivity contribution in [3.05, 3.63) is 29.3 Å². The minimum atomic E-state index is 0.113. The van der Waals surface area contributed by atoms with Crippen molar-refractivity contribution in [1.82, 2.24) is 9.80 Å². The fourth-order valence-corrected chi connectivity index (χ4v) is 6.45. The molecule has 3 heterocycles. The molecule has 0 N–H and O–H groups in total. The summed E-state index contributed by atoms with van der Waals surface area (Å²) in [6.07, 6.45) is 8.12. The molecule has 1 amide bonds. The maximum Gasteiger partial charge on any atom is 0.225 e. The number of nitrogens with zero attached hydrogens (tertiary/aromatic N) is 3. The SMILES string of the molecule is CC1(C)CCN(C(=O)C2CCCC2)Cc2cc(N3CCC(N4CCOCC4)CC3)ccc21. The predicted molar refractivity (Wildman–Crippen MR) is 129 cm³/mol. The number of hydrogen-bond acceptors (Lipinski definition) is 4. The average Bonchev–Trinajstić information content (AvgIpc) is 3.32. The molecule has 5 rings (SSSR count). The number of anilines is 1. The lowest BCUT2D eigenvalue weighted by atomic mass is 9.80. The van der Waals surface area contributed by atoms with Gasteiger partial charge < -0.3 is 14.5 Å². The summed E-state index contributed by atoms with van der Waals surface area (Å²) >= 11 is 0. The first-order valence-electron chi connectivity index (χ1n) is 13.0. The number of amides is 1. The molecule has 1 aromatic carbocycles. The van der Waals surface area contributed by atoms with Gasteiger partial charge in [-0.1, -0.05) is 32.8 Å². The maximum absolute atomic E-state index is 13.2. The summed E-state index contributed by atoms with van der Waals surface area (Å²) in [6.45, 7) is 12.6. The molecule has 0 radical (unpaired) electrons. The quantitative estimate of drug-likeness (QED) is 0.708. The van der Waals surface area contributed by atoms with Gasteiger partial charge in [0.2, 0.25) is 5.91 Å². The van der Waals surface area contributed by atoms with Gasteiger partial charge in [-0.2, -0.15) is 0 Å². The van der Waals surface area contributed by atoms with Crippen LogP contribution in [0.1, 0.15) is 69.9 Å². The summed E-state index contributed by atoms with van der Waals surface area (Å²) in [4.78, 5) is 20.6. The third-order valence-electron chi connectivity index (χ3n) is 8.59. The van der Waals surface area contributed by atoms with Crippen LogP contribution < -0.4 is 4.90 Å². The van der Waals surface area contributed by atoms with Crippen molar-refractivity contribution in [3.8, 4) is 0 Å². The summed E-state index contributed by atoms with van der Waals surface area (Å²) in [5.41, 5.74) is 4.26. The second-order valence-electron chi connectivity index (χ2n) is 11.1. The second-order valence-corrected chi connectivity index (χ2v) is 11.1. The lowest BCUT2D eigenvalue weighted by Gasteiger charge is -2.41. The van der Waals surface area contributed by atoms with E-state index >= 15 is 0 Å². The molecule has 0 spiro atoms. The largest absolute Gasteiger partial charge is 0.379 e. The van der Waals surface area contributed by atoms with Gasteiger partial charge in [-0.25, -0.2) is 0 Å². The van der Waals surface area contributed by atoms with E-state index in [1.54, 1.807) is 0 Å². The molecule has 5 nitrogen and oxygen atoms in total. The Balaban J connectivity index is 1.30. The number of fused-ring (bicyclic) bond motifs is 1. The van der Waals surface area contributed by atoms with Crippen LogP contribution in [-0.2, 0) is 21.5 Å². The summed E-state index contributed by atoms with van der Waals surface area (Å²) in [5, 5.41) is 0. The molecule has 0 atom stereocenters. The van der Waals surface area contributed by atoms with Crippen LogP contribution in [0.2, 0.25) is 0 Å². The maximum atomic E-state index is 13.2. The first kappa shape index (κ1) is 22.2. The molecule has 176 valence electrons. The Morgan fingerprint density at radius 2 is 1.69 bits per heavy atom. The van der Waals surface area contributed by atoms with E-state index in [1.807, 2.05) is 0 Å². The highest BCUT2D eigenvalue weighted by Crippen LogP contribution is 2.37. The van der Waals surface area contributed by atoms with Crippen molar-refractivity contribution >= 4 is 11.6 Å². The Labute approximate surface area is 194 Å². The fourth-order valence-electron chi connectivity index (χ4n) is 6.45. The number of ether oxygens (including phenoxy) is 1. The summed E-state index contributed by atoms with van der Waals surface area (Å²) in [6, 6.07) is 7.81. The molecule has 0 unspecified atom stereocenters. The molecule has 32 heavy (non-hydrogen) atoms. The Kier molecular flexibility index (Phi) is 6.48. The molecule has 2 saturated heterocycles. The zero-order valence-electron chi connectivity index (χ0n) is 20.2. The number of hydrogen-bond donors (Lipinski definition) is 0. The Hall–Kier alpha value is -1.59. The van der Waals surface area contributed by atoms with E-state index in [9.17, 15) is 4.79 Å². The van der Waals surface area contributed by atoms with Crippen LogP contribution in [0, 0.1) is 5.92 Å². The van der Waals surface area contributed by atoms with Gasteiger partial charge in [-0.05, 0) is 60.8 Å². The first-order valence-corrected chi connectivity index (χ1v) is 13.0. The van der Waals surface area contributed by atoms with Crippen LogP contribution in [0.15, 0.2) is 18.2 Å². The van der Waals surface area contributed by atoms with Gasteiger partial charge >= 0.3 is 0 Å². The highest BCUT2D eigenvalue weighted by Gasteiger charge is 2.34. The highest BCUT2D eigenvalue weighted by molar-refractivity contribution is 5.79. The van der Waals surface area contributed by atoms with Crippen LogP contribution in [0.5, 0.6) is 0 Å². The molecule has 3 fully saturated rings. The van der Waals surface area contributed by atoms with E-state index in [4.69, 9.17) is 4.74 Å². The number of morpholine rings is 1. The standard InChI is InChI=1S/C27H41N3O2/c1-27(2)11-14-30(26(31)21-5-3-4-6-21)20-22-19-24(7-8-25(22)27)28-12-9-23(10-13-28)29-15-17-32-18-16-29/h7-8,19,21,23H,3-6,9-18,20H2,1-2H3. The number of piperidine rings is 1. The normalized spacial score (nSPS) is 25.6. The fraction of sp³-hybridized carbons (Fsp3) is 0.741. The molecule has 4 aliphatic rings. The lowest BCUT2D eigenvalue weighted by Crippen LogP contribution is -2.49. The summed E-state index contributed by atoms with van der Waals surface area (Å²) < 4.78 is 5.54. The van der Waals surface area contributed by atoms with Crippen LogP contribution in [0.3, 0.4) is 0 Å². The number of carbonyl (C=O) groups is 1. The van der Waals surface area contributed by atoms with Crippen LogP contribution in [0.4, 0.5) is 5.69 Å². The smallest absolute Gasteiger partial charge is 0.225 e. The number of rotatable bonds is 3. The van der Waals surface area contributed by atoms with E-state index in [1.165, 1.54) is 42.5 Å². The lowest BCUT2D eigenvalue weighted by molar-refractivity contribution is -0.136. The van der Waals surface area contributed by atoms with Crippen molar-refractivity contribution in [1.29, 1.82) is 0 Å². The zero-order chi connectivity index (χ0) is 22.1.